The molecule has 2 rings (SSSR count). The summed E-state index contributed by atoms with van der Waals surface area (Å²) in [5, 5.41) is 16.0. The Bertz CT molecular complexity index is 458. The van der Waals surface area contributed by atoms with Crippen molar-refractivity contribution in [1.82, 2.24) is 15.0 Å². The number of anilines is 2. The van der Waals surface area contributed by atoms with E-state index < -0.39 is 4.92 Å². The highest BCUT2D eigenvalue weighted by Crippen LogP contribution is 2.31. The third-order valence-electron chi connectivity index (χ3n) is 3.03. The van der Waals surface area contributed by atoms with Crippen LogP contribution in [0.2, 0.25) is 0 Å². The molecule has 0 bridgehead atoms. The number of hydrogen-bond donors (Lipinski definition) is 2. The van der Waals surface area contributed by atoms with Crippen LogP contribution in [-0.4, -0.2) is 40.0 Å². The van der Waals surface area contributed by atoms with Gasteiger partial charge in [0, 0.05) is 20.1 Å². The first-order valence-electron chi connectivity index (χ1n) is 6.28. The first-order chi connectivity index (χ1) is 9.08. The molecule has 1 aromatic rings. The molecule has 8 heteroatoms. The third kappa shape index (κ3) is 3.28. The molecule has 0 amide bonds. The molecule has 0 unspecified atom stereocenters. The number of nitro groups is 1. The minimum absolute atomic E-state index is 0.108. The largest absolute Gasteiger partial charge is 0.361 e. The van der Waals surface area contributed by atoms with E-state index >= 15 is 0 Å². The molecule has 1 aliphatic carbocycles. The Morgan fingerprint density at radius 1 is 1.32 bits per heavy atom. The molecule has 0 aliphatic heterocycles. The van der Waals surface area contributed by atoms with Crippen LogP contribution in [0.15, 0.2) is 6.33 Å². The van der Waals surface area contributed by atoms with Gasteiger partial charge in [-0.1, -0.05) is 12.8 Å². The number of nitrogens with one attached hydrogen (secondary N) is 2. The second-order valence-electron chi connectivity index (χ2n) is 4.81. The molecule has 104 valence electrons. The lowest BCUT2D eigenvalue weighted by atomic mass is 10.2. The molecule has 1 aliphatic rings. The van der Waals surface area contributed by atoms with Crippen LogP contribution in [0.3, 0.4) is 0 Å². The van der Waals surface area contributed by atoms with E-state index in [1.165, 1.54) is 6.33 Å². The maximum absolute atomic E-state index is 11.2. The molecule has 0 radical (unpaired) electrons. The lowest BCUT2D eigenvalue weighted by Gasteiger charge is -2.16. The van der Waals surface area contributed by atoms with E-state index in [-0.39, 0.29) is 23.4 Å². The maximum atomic E-state index is 11.2. The summed E-state index contributed by atoms with van der Waals surface area (Å²) < 4.78 is 0. The standard InChI is InChI=1S/C11H18N6O2/c1-16(2)15-11-9(17(18)19)10(12-7-13-11)14-8-5-3-4-6-8/h7-8H,3-6H2,1-2H3,(H2,12,13,14,15). The fraction of sp³-hybridized carbons (Fsp3) is 0.636. The van der Waals surface area contributed by atoms with E-state index in [1.807, 2.05) is 0 Å². The highest BCUT2D eigenvalue weighted by atomic mass is 16.6. The van der Waals surface area contributed by atoms with Crippen LogP contribution in [-0.2, 0) is 0 Å². The van der Waals surface area contributed by atoms with Gasteiger partial charge < -0.3 is 5.32 Å². The number of nitrogens with zero attached hydrogens (tertiary/aromatic N) is 4. The summed E-state index contributed by atoms with van der Waals surface area (Å²) in [5.41, 5.74) is 2.71. The average molecular weight is 266 g/mol. The zero-order valence-corrected chi connectivity index (χ0v) is 11.1. The van der Waals surface area contributed by atoms with Gasteiger partial charge in [0.25, 0.3) is 0 Å². The molecular formula is C11H18N6O2. The summed E-state index contributed by atoms with van der Waals surface area (Å²) >= 11 is 0. The second kappa shape index (κ2) is 5.79. The van der Waals surface area contributed by atoms with Crippen molar-refractivity contribution in [3.05, 3.63) is 16.4 Å². The highest BCUT2D eigenvalue weighted by Gasteiger charge is 2.26. The van der Waals surface area contributed by atoms with Gasteiger partial charge in [0.05, 0.1) is 4.92 Å². The first kappa shape index (κ1) is 13.5. The fourth-order valence-corrected chi connectivity index (χ4v) is 2.21. The Labute approximate surface area is 111 Å². The quantitative estimate of drug-likeness (QED) is 0.617. The molecule has 1 saturated carbocycles. The van der Waals surface area contributed by atoms with E-state index in [4.69, 9.17) is 0 Å². The van der Waals surface area contributed by atoms with Crippen LogP contribution in [0.25, 0.3) is 0 Å². The monoisotopic (exact) mass is 266 g/mol. The summed E-state index contributed by atoms with van der Waals surface area (Å²) in [7, 11) is 3.49. The molecule has 8 nitrogen and oxygen atoms in total. The van der Waals surface area contributed by atoms with Crippen LogP contribution in [0.5, 0.6) is 0 Å². The highest BCUT2D eigenvalue weighted by molar-refractivity contribution is 5.69. The Morgan fingerprint density at radius 3 is 2.53 bits per heavy atom. The molecule has 19 heavy (non-hydrogen) atoms. The van der Waals surface area contributed by atoms with Crippen molar-refractivity contribution in [2.24, 2.45) is 0 Å². The molecule has 2 N–H and O–H groups in total. The van der Waals surface area contributed by atoms with Crippen molar-refractivity contribution in [2.45, 2.75) is 31.7 Å². The molecule has 1 aromatic heterocycles. The van der Waals surface area contributed by atoms with E-state index in [1.54, 1.807) is 19.1 Å². The van der Waals surface area contributed by atoms with Gasteiger partial charge in [0.1, 0.15) is 6.33 Å². The molecule has 0 saturated heterocycles. The van der Waals surface area contributed by atoms with Crippen LogP contribution in [0.1, 0.15) is 25.7 Å². The van der Waals surface area contributed by atoms with Gasteiger partial charge in [0.2, 0.25) is 11.6 Å². The third-order valence-corrected chi connectivity index (χ3v) is 3.03. The molecule has 0 aromatic carbocycles. The summed E-state index contributed by atoms with van der Waals surface area (Å²) in [6.07, 6.45) is 5.68. The number of rotatable bonds is 5. The number of hydrazine groups is 1. The SMILES string of the molecule is CN(C)Nc1ncnc(NC2CCCC2)c1[N+](=O)[O-]. The van der Waals surface area contributed by atoms with Gasteiger partial charge in [-0.25, -0.2) is 15.0 Å². The van der Waals surface area contributed by atoms with Crippen LogP contribution in [0, 0.1) is 10.1 Å². The Hall–Kier alpha value is -1.96. The summed E-state index contributed by atoms with van der Waals surface area (Å²) in [5.74, 6) is 0.488. The lowest BCUT2D eigenvalue weighted by molar-refractivity contribution is -0.383. The van der Waals surface area contributed by atoms with Crippen LogP contribution < -0.4 is 10.7 Å². The van der Waals surface area contributed by atoms with Crippen molar-refractivity contribution in [3.8, 4) is 0 Å². The molecule has 1 fully saturated rings. The normalized spacial score (nSPS) is 15.7. The van der Waals surface area contributed by atoms with Gasteiger partial charge >= 0.3 is 5.69 Å². The summed E-state index contributed by atoms with van der Waals surface area (Å²) in [6.45, 7) is 0. The zero-order valence-electron chi connectivity index (χ0n) is 11.1. The topological polar surface area (TPSA) is 96.2 Å². The van der Waals surface area contributed by atoms with Gasteiger partial charge in [-0.05, 0) is 12.8 Å². The Balaban J connectivity index is 2.27. The average Bonchev–Trinajstić information content (AvgIpc) is 2.80. The van der Waals surface area contributed by atoms with Crippen molar-refractivity contribution in [2.75, 3.05) is 24.8 Å². The Kier molecular flexibility index (Phi) is 4.10. The van der Waals surface area contributed by atoms with Crippen molar-refractivity contribution < 1.29 is 4.92 Å². The minimum Gasteiger partial charge on any atom is -0.361 e. The van der Waals surface area contributed by atoms with Crippen molar-refractivity contribution in [1.29, 1.82) is 0 Å². The fourth-order valence-electron chi connectivity index (χ4n) is 2.21. The molecule has 0 atom stereocenters. The molecule has 1 heterocycles. The Morgan fingerprint density at radius 2 is 1.95 bits per heavy atom. The van der Waals surface area contributed by atoms with E-state index in [0.717, 1.165) is 25.7 Å². The van der Waals surface area contributed by atoms with Crippen molar-refractivity contribution >= 4 is 17.3 Å². The van der Waals surface area contributed by atoms with Crippen LogP contribution in [0.4, 0.5) is 17.3 Å². The van der Waals surface area contributed by atoms with Crippen molar-refractivity contribution in [3.63, 3.8) is 0 Å². The summed E-state index contributed by atoms with van der Waals surface area (Å²) in [6, 6.07) is 0.265. The van der Waals surface area contributed by atoms with Gasteiger partial charge in [-0.15, -0.1) is 0 Å². The van der Waals surface area contributed by atoms with Gasteiger partial charge in [0.15, 0.2) is 0 Å². The van der Waals surface area contributed by atoms with Crippen LogP contribution >= 0.6 is 0 Å². The van der Waals surface area contributed by atoms with Gasteiger partial charge in [-0.3, -0.25) is 15.5 Å². The lowest BCUT2D eigenvalue weighted by Crippen LogP contribution is -2.23. The predicted octanol–water partition coefficient (Wildman–Crippen LogP) is 1.63. The smallest absolute Gasteiger partial charge is 0.354 e. The van der Waals surface area contributed by atoms with E-state index in [9.17, 15) is 10.1 Å². The maximum Gasteiger partial charge on any atom is 0.354 e. The zero-order chi connectivity index (χ0) is 13.8. The first-order valence-corrected chi connectivity index (χ1v) is 6.28. The predicted molar refractivity (Wildman–Crippen MR) is 71.9 cm³/mol. The molecule has 0 spiro atoms. The molecular weight excluding hydrogens is 248 g/mol. The second-order valence-corrected chi connectivity index (χ2v) is 4.81. The van der Waals surface area contributed by atoms with Gasteiger partial charge in [-0.2, -0.15) is 0 Å². The summed E-state index contributed by atoms with van der Waals surface area (Å²) in [4.78, 5) is 18.7. The number of hydrogen-bond acceptors (Lipinski definition) is 7. The number of aromatic nitrogens is 2. The van der Waals surface area contributed by atoms with E-state index in [0.29, 0.717) is 0 Å². The minimum atomic E-state index is -0.455. The van der Waals surface area contributed by atoms with E-state index in [2.05, 4.69) is 20.7 Å².